The molecule has 1 rings (SSSR count). The van der Waals surface area contributed by atoms with Gasteiger partial charge in [0, 0.05) is 0 Å². The van der Waals surface area contributed by atoms with Crippen molar-refractivity contribution >= 4 is 0 Å². The van der Waals surface area contributed by atoms with Crippen molar-refractivity contribution in [3.63, 3.8) is 0 Å². The van der Waals surface area contributed by atoms with Gasteiger partial charge in [-0.05, 0) is 18.1 Å². The maximum absolute atomic E-state index is 9.81. The molecule has 77 valence electrons. The Morgan fingerprint density at radius 2 is 1.93 bits per heavy atom. The van der Waals surface area contributed by atoms with E-state index in [0.29, 0.717) is 0 Å². The van der Waals surface area contributed by atoms with Crippen LogP contribution in [0, 0.1) is 6.07 Å². The fourth-order valence-corrected chi connectivity index (χ4v) is 1.55. The summed E-state index contributed by atoms with van der Waals surface area (Å²) in [5.74, 6) is 0. The third-order valence-corrected chi connectivity index (χ3v) is 2.46. The third kappa shape index (κ3) is 3.93. The summed E-state index contributed by atoms with van der Waals surface area (Å²) >= 11 is 0. The number of hydrogen-bond donors (Lipinski definition) is 1. The Morgan fingerprint density at radius 3 is 2.57 bits per heavy atom. The topological polar surface area (TPSA) is 20.2 Å². The highest BCUT2D eigenvalue weighted by Crippen LogP contribution is 2.19. The summed E-state index contributed by atoms with van der Waals surface area (Å²) in [6.07, 6.45) is 5.46. The van der Waals surface area contributed by atoms with Crippen LogP contribution >= 0.6 is 0 Å². The van der Waals surface area contributed by atoms with E-state index in [4.69, 9.17) is 0 Å². The summed E-state index contributed by atoms with van der Waals surface area (Å²) in [4.78, 5) is 0. The molecular formula is C13H19O. The van der Waals surface area contributed by atoms with Crippen molar-refractivity contribution < 1.29 is 5.11 Å². The Morgan fingerprint density at radius 1 is 1.21 bits per heavy atom. The Balaban J connectivity index is 2.25. The average Bonchev–Trinajstić information content (AvgIpc) is 2.25. The molecule has 0 saturated heterocycles. The number of rotatable bonds is 6. The second kappa shape index (κ2) is 6.61. The molecule has 1 aromatic carbocycles. The van der Waals surface area contributed by atoms with Crippen molar-refractivity contribution in [2.45, 2.75) is 45.1 Å². The van der Waals surface area contributed by atoms with Gasteiger partial charge in [-0.25, -0.2) is 0 Å². The number of hydrogen-bond acceptors (Lipinski definition) is 1. The van der Waals surface area contributed by atoms with E-state index in [-0.39, 0.29) is 6.10 Å². The SMILES string of the molecule is CCCCCCC(O)c1cc[c]cc1. The molecule has 0 fully saturated rings. The molecule has 0 saturated carbocycles. The largest absolute Gasteiger partial charge is 0.388 e. The lowest BCUT2D eigenvalue weighted by atomic mass is 10.0. The predicted molar refractivity (Wildman–Crippen MR) is 59.0 cm³/mol. The van der Waals surface area contributed by atoms with Gasteiger partial charge in [-0.3, -0.25) is 0 Å². The second-order valence-electron chi connectivity index (χ2n) is 3.70. The van der Waals surface area contributed by atoms with Crippen molar-refractivity contribution in [2.24, 2.45) is 0 Å². The van der Waals surface area contributed by atoms with E-state index < -0.39 is 0 Å². The molecule has 1 radical (unpaired) electrons. The van der Waals surface area contributed by atoms with Crippen LogP contribution in [-0.2, 0) is 0 Å². The van der Waals surface area contributed by atoms with Crippen LogP contribution in [0.4, 0.5) is 0 Å². The van der Waals surface area contributed by atoms with Crippen LogP contribution in [0.3, 0.4) is 0 Å². The van der Waals surface area contributed by atoms with E-state index >= 15 is 0 Å². The minimum atomic E-state index is -0.290. The van der Waals surface area contributed by atoms with Crippen molar-refractivity contribution in [3.05, 3.63) is 35.9 Å². The molecule has 1 aromatic rings. The van der Waals surface area contributed by atoms with Crippen molar-refractivity contribution in [2.75, 3.05) is 0 Å². The Labute approximate surface area is 86.8 Å². The number of aliphatic hydroxyl groups excluding tert-OH is 1. The summed E-state index contributed by atoms with van der Waals surface area (Å²) in [7, 11) is 0. The second-order valence-corrected chi connectivity index (χ2v) is 3.70. The van der Waals surface area contributed by atoms with Gasteiger partial charge in [-0.2, -0.15) is 0 Å². The van der Waals surface area contributed by atoms with Gasteiger partial charge in [0.25, 0.3) is 0 Å². The van der Waals surface area contributed by atoms with Crippen molar-refractivity contribution in [1.29, 1.82) is 0 Å². The zero-order valence-corrected chi connectivity index (χ0v) is 8.87. The summed E-state index contributed by atoms with van der Waals surface area (Å²) in [5.41, 5.74) is 1.01. The number of unbranched alkanes of at least 4 members (excludes halogenated alkanes) is 3. The number of aliphatic hydroxyl groups is 1. The quantitative estimate of drug-likeness (QED) is 0.682. The van der Waals surface area contributed by atoms with Crippen LogP contribution in [0.5, 0.6) is 0 Å². The molecule has 1 nitrogen and oxygen atoms in total. The normalized spacial score (nSPS) is 12.7. The molecule has 1 atom stereocenters. The summed E-state index contributed by atoms with van der Waals surface area (Å²) in [6, 6.07) is 10.5. The molecule has 1 N–H and O–H groups in total. The first-order valence-electron chi connectivity index (χ1n) is 5.48. The first-order chi connectivity index (χ1) is 6.84. The van der Waals surface area contributed by atoms with Crippen molar-refractivity contribution in [1.82, 2.24) is 0 Å². The Bertz CT molecular complexity index is 230. The van der Waals surface area contributed by atoms with Gasteiger partial charge in [-0.15, -0.1) is 0 Å². The predicted octanol–water partition coefficient (Wildman–Crippen LogP) is 3.49. The maximum atomic E-state index is 9.81. The molecule has 0 aliphatic heterocycles. The van der Waals surface area contributed by atoms with E-state index in [1.807, 2.05) is 24.3 Å². The molecule has 0 heterocycles. The summed E-state index contributed by atoms with van der Waals surface area (Å²) in [6.45, 7) is 2.20. The third-order valence-electron chi connectivity index (χ3n) is 2.46. The van der Waals surface area contributed by atoms with E-state index in [9.17, 15) is 5.11 Å². The molecule has 1 unspecified atom stereocenters. The molecule has 0 aliphatic carbocycles. The first kappa shape index (κ1) is 11.3. The highest BCUT2D eigenvalue weighted by molar-refractivity contribution is 5.16. The maximum Gasteiger partial charge on any atom is 0.0790 e. The zero-order chi connectivity index (χ0) is 10.2. The van der Waals surface area contributed by atoms with Crippen LogP contribution in [0.2, 0.25) is 0 Å². The lowest BCUT2D eigenvalue weighted by molar-refractivity contribution is 0.163. The van der Waals surface area contributed by atoms with Crippen LogP contribution in [0.15, 0.2) is 24.3 Å². The minimum absolute atomic E-state index is 0.290. The highest BCUT2D eigenvalue weighted by Gasteiger charge is 2.05. The standard InChI is InChI=1S/C13H19O/c1-2-3-4-8-11-13(14)12-9-6-5-7-10-12/h6-7,9-10,13-14H,2-4,8,11H2,1H3. The summed E-state index contributed by atoms with van der Waals surface area (Å²) < 4.78 is 0. The van der Waals surface area contributed by atoms with E-state index in [0.717, 1.165) is 18.4 Å². The lowest BCUT2D eigenvalue weighted by Gasteiger charge is -2.09. The lowest BCUT2D eigenvalue weighted by Crippen LogP contribution is -1.96. The fourth-order valence-electron chi connectivity index (χ4n) is 1.55. The average molecular weight is 191 g/mol. The van der Waals surface area contributed by atoms with Crippen LogP contribution in [-0.4, -0.2) is 5.11 Å². The van der Waals surface area contributed by atoms with Gasteiger partial charge >= 0.3 is 0 Å². The Kier molecular flexibility index (Phi) is 5.31. The molecule has 0 aromatic heterocycles. The highest BCUT2D eigenvalue weighted by atomic mass is 16.3. The van der Waals surface area contributed by atoms with Gasteiger partial charge < -0.3 is 5.11 Å². The van der Waals surface area contributed by atoms with Gasteiger partial charge in [-0.1, -0.05) is 56.9 Å². The first-order valence-corrected chi connectivity index (χ1v) is 5.48. The van der Waals surface area contributed by atoms with Crippen LogP contribution in [0.1, 0.15) is 50.7 Å². The van der Waals surface area contributed by atoms with Gasteiger partial charge in [0.2, 0.25) is 0 Å². The molecule has 0 amide bonds. The summed E-state index contributed by atoms with van der Waals surface area (Å²) in [5, 5.41) is 9.81. The molecule has 0 spiro atoms. The van der Waals surface area contributed by atoms with Gasteiger partial charge in [0.15, 0.2) is 0 Å². The van der Waals surface area contributed by atoms with Gasteiger partial charge in [0.1, 0.15) is 0 Å². The monoisotopic (exact) mass is 191 g/mol. The number of benzene rings is 1. The van der Waals surface area contributed by atoms with Crippen LogP contribution < -0.4 is 0 Å². The van der Waals surface area contributed by atoms with Gasteiger partial charge in [0.05, 0.1) is 6.10 Å². The van der Waals surface area contributed by atoms with E-state index in [2.05, 4.69) is 13.0 Å². The molecule has 1 heteroatoms. The molecule has 0 aliphatic rings. The van der Waals surface area contributed by atoms with Crippen LogP contribution in [0.25, 0.3) is 0 Å². The van der Waals surface area contributed by atoms with Crippen molar-refractivity contribution in [3.8, 4) is 0 Å². The molecule has 0 bridgehead atoms. The molecular weight excluding hydrogens is 172 g/mol. The minimum Gasteiger partial charge on any atom is -0.388 e. The smallest absolute Gasteiger partial charge is 0.0790 e. The Hall–Kier alpha value is -0.820. The fraction of sp³-hybridized carbons (Fsp3) is 0.538. The molecule has 14 heavy (non-hydrogen) atoms. The van der Waals surface area contributed by atoms with E-state index in [1.165, 1.54) is 19.3 Å². The zero-order valence-electron chi connectivity index (χ0n) is 8.87. The van der Waals surface area contributed by atoms with E-state index in [1.54, 1.807) is 0 Å².